The van der Waals surface area contributed by atoms with Crippen molar-refractivity contribution in [2.24, 2.45) is 0 Å². The van der Waals surface area contributed by atoms with E-state index < -0.39 is 10.0 Å². The van der Waals surface area contributed by atoms with Crippen LogP contribution in [0.5, 0.6) is 5.75 Å². The third-order valence-electron chi connectivity index (χ3n) is 4.02. The van der Waals surface area contributed by atoms with Gasteiger partial charge in [-0.15, -0.1) is 0 Å². The molecule has 8 heteroatoms. The van der Waals surface area contributed by atoms with Crippen LogP contribution in [0.15, 0.2) is 23.1 Å². The molecule has 1 amide bonds. The lowest BCUT2D eigenvalue weighted by molar-refractivity contribution is -0.121. The minimum absolute atomic E-state index is 0.0236. The lowest BCUT2D eigenvalue weighted by Crippen LogP contribution is -2.39. The molecule has 1 aromatic rings. The van der Waals surface area contributed by atoms with Crippen molar-refractivity contribution in [3.8, 4) is 5.75 Å². The Labute approximate surface area is 135 Å². The van der Waals surface area contributed by atoms with Crippen molar-refractivity contribution in [1.29, 1.82) is 0 Å². The smallest absolute Gasteiger partial charge is 0.265 e. The van der Waals surface area contributed by atoms with Crippen molar-refractivity contribution in [2.45, 2.75) is 30.8 Å². The number of benzene rings is 1. The molecule has 126 valence electrons. The number of anilines is 1. The molecule has 0 radical (unpaired) electrons. The van der Waals surface area contributed by atoms with E-state index in [4.69, 9.17) is 9.47 Å². The topological polar surface area (TPSA) is 84.9 Å². The minimum atomic E-state index is -3.65. The van der Waals surface area contributed by atoms with Crippen LogP contribution >= 0.6 is 0 Å². The largest absolute Gasteiger partial charge is 0.482 e. The van der Waals surface area contributed by atoms with Gasteiger partial charge in [-0.1, -0.05) is 0 Å². The molecule has 7 nitrogen and oxygen atoms in total. The van der Waals surface area contributed by atoms with E-state index in [0.717, 1.165) is 12.8 Å². The Morgan fingerprint density at radius 1 is 1.39 bits per heavy atom. The van der Waals surface area contributed by atoms with E-state index in [1.54, 1.807) is 6.07 Å². The molecular weight excluding hydrogens is 320 g/mol. The van der Waals surface area contributed by atoms with Gasteiger partial charge in [-0.3, -0.25) is 4.79 Å². The highest BCUT2D eigenvalue weighted by molar-refractivity contribution is 7.89. The van der Waals surface area contributed by atoms with E-state index in [-0.39, 0.29) is 30.1 Å². The van der Waals surface area contributed by atoms with Crippen LogP contribution in [0.1, 0.15) is 19.8 Å². The van der Waals surface area contributed by atoms with Gasteiger partial charge < -0.3 is 14.4 Å². The molecule has 0 aliphatic carbocycles. The lowest BCUT2D eigenvalue weighted by Gasteiger charge is -2.28. The number of carbonyl (C=O) groups excluding carboxylic acids is 1. The molecule has 0 bridgehead atoms. The van der Waals surface area contributed by atoms with Crippen LogP contribution in [-0.2, 0) is 19.6 Å². The molecule has 3 rings (SSSR count). The minimum Gasteiger partial charge on any atom is -0.482 e. The third-order valence-corrected chi connectivity index (χ3v) is 5.45. The second-order valence-electron chi connectivity index (χ2n) is 5.54. The Hall–Kier alpha value is -1.64. The highest BCUT2D eigenvalue weighted by Crippen LogP contribution is 2.34. The van der Waals surface area contributed by atoms with Crippen LogP contribution in [-0.4, -0.2) is 46.7 Å². The number of nitrogens with one attached hydrogen (secondary N) is 1. The molecule has 1 atom stereocenters. The number of hydrogen-bond acceptors (Lipinski definition) is 5. The molecule has 0 aromatic heterocycles. The first-order chi connectivity index (χ1) is 11.0. The first-order valence-corrected chi connectivity index (χ1v) is 9.18. The predicted octanol–water partition coefficient (Wildman–Crippen LogP) is 0.889. The van der Waals surface area contributed by atoms with E-state index in [1.807, 2.05) is 6.92 Å². The average molecular weight is 340 g/mol. The summed E-state index contributed by atoms with van der Waals surface area (Å²) in [6.45, 7) is 3.21. The number of sulfonamides is 1. The Kier molecular flexibility index (Phi) is 4.56. The number of fused-ring (bicyclic) bond motifs is 1. The maximum atomic E-state index is 12.4. The van der Waals surface area contributed by atoms with E-state index in [1.165, 1.54) is 17.0 Å². The molecule has 0 unspecified atom stereocenters. The monoisotopic (exact) mass is 340 g/mol. The summed E-state index contributed by atoms with van der Waals surface area (Å²) in [6, 6.07) is 4.55. The first kappa shape index (κ1) is 16.2. The summed E-state index contributed by atoms with van der Waals surface area (Å²) in [5, 5.41) is 0. The number of ether oxygens (including phenoxy) is 2. The molecular formula is C15H20N2O5S. The van der Waals surface area contributed by atoms with Crippen molar-refractivity contribution in [3.05, 3.63) is 18.2 Å². The Morgan fingerprint density at radius 3 is 2.91 bits per heavy atom. The molecule has 0 spiro atoms. The van der Waals surface area contributed by atoms with Gasteiger partial charge in [-0.25, -0.2) is 13.1 Å². The Morgan fingerprint density at radius 2 is 2.22 bits per heavy atom. The van der Waals surface area contributed by atoms with Gasteiger partial charge in [0.25, 0.3) is 5.91 Å². The van der Waals surface area contributed by atoms with E-state index in [0.29, 0.717) is 24.6 Å². The van der Waals surface area contributed by atoms with Crippen molar-refractivity contribution in [3.63, 3.8) is 0 Å². The van der Waals surface area contributed by atoms with Crippen molar-refractivity contribution < 1.29 is 22.7 Å². The molecule has 1 saturated heterocycles. The third kappa shape index (κ3) is 3.34. The number of rotatable bonds is 5. The fourth-order valence-corrected chi connectivity index (χ4v) is 3.87. The maximum Gasteiger partial charge on any atom is 0.265 e. The zero-order valence-electron chi connectivity index (χ0n) is 12.9. The Balaban J connectivity index is 1.82. The van der Waals surface area contributed by atoms with Crippen LogP contribution in [0, 0.1) is 0 Å². The standard InChI is InChI=1S/C15H20N2O5S/c1-2-17-13-8-12(5-6-14(13)22-10-15(17)18)23(19,20)16-9-11-4-3-7-21-11/h5-6,8,11,16H,2-4,7,9-10H2,1H3/t11-/m0/s1. The fraction of sp³-hybridized carbons (Fsp3) is 0.533. The van der Waals surface area contributed by atoms with Gasteiger partial charge in [0.05, 0.1) is 16.7 Å². The van der Waals surface area contributed by atoms with Gasteiger partial charge >= 0.3 is 0 Å². The summed E-state index contributed by atoms with van der Waals surface area (Å²) in [5.41, 5.74) is 0.490. The summed E-state index contributed by atoms with van der Waals surface area (Å²) < 4.78 is 38.2. The van der Waals surface area contributed by atoms with Crippen LogP contribution < -0.4 is 14.4 Å². The number of carbonyl (C=O) groups is 1. The van der Waals surface area contributed by atoms with Crippen molar-refractivity contribution in [2.75, 3.05) is 31.2 Å². The molecule has 23 heavy (non-hydrogen) atoms. The molecule has 2 heterocycles. The molecule has 0 saturated carbocycles. The van der Waals surface area contributed by atoms with Gasteiger partial charge in [0.2, 0.25) is 10.0 Å². The van der Waals surface area contributed by atoms with Gasteiger partial charge in [0.1, 0.15) is 5.75 Å². The number of likely N-dealkylation sites (N-methyl/N-ethyl adjacent to an activating group) is 1. The van der Waals surface area contributed by atoms with Gasteiger partial charge in [-0.05, 0) is 38.0 Å². The highest BCUT2D eigenvalue weighted by Gasteiger charge is 2.27. The first-order valence-electron chi connectivity index (χ1n) is 7.70. The second-order valence-corrected chi connectivity index (χ2v) is 7.31. The summed E-state index contributed by atoms with van der Waals surface area (Å²) in [5.74, 6) is 0.339. The van der Waals surface area contributed by atoms with Crippen LogP contribution in [0.3, 0.4) is 0 Å². The van der Waals surface area contributed by atoms with Crippen molar-refractivity contribution >= 4 is 21.6 Å². The molecule has 1 aromatic carbocycles. The zero-order valence-corrected chi connectivity index (χ0v) is 13.8. The van der Waals surface area contributed by atoms with Crippen LogP contribution in [0.25, 0.3) is 0 Å². The number of hydrogen-bond donors (Lipinski definition) is 1. The van der Waals surface area contributed by atoms with E-state index in [9.17, 15) is 13.2 Å². The van der Waals surface area contributed by atoms with Gasteiger partial charge in [0, 0.05) is 19.7 Å². The molecule has 2 aliphatic heterocycles. The van der Waals surface area contributed by atoms with Gasteiger partial charge in [-0.2, -0.15) is 0 Å². The summed E-state index contributed by atoms with van der Waals surface area (Å²) in [4.78, 5) is 13.5. The maximum absolute atomic E-state index is 12.4. The lowest BCUT2D eigenvalue weighted by atomic mass is 10.2. The fourth-order valence-electron chi connectivity index (χ4n) is 2.79. The van der Waals surface area contributed by atoms with E-state index in [2.05, 4.69) is 4.72 Å². The zero-order chi connectivity index (χ0) is 16.4. The molecule has 2 aliphatic rings. The van der Waals surface area contributed by atoms with Crippen molar-refractivity contribution in [1.82, 2.24) is 4.72 Å². The predicted molar refractivity (Wildman–Crippen MR) is 84.1 cm³/mol. The number of nitrogens with zero attached hydrogens (tertiary/aromatic N) is 1. The molecule has 1 N–H and O–H groups in total. The second kappa shape index (κ2) is 6.46. The van der Waals surface area contributed by atoms with Crippen LogP contribution in [0.2, 0.25) is 0 Å². The van der Waals surface area contributed by atoms with Gasteiger partial charge in [0.15, 0.2) is 6.61 Å². The average Bonchev–Trinajstić information content (AvgIpc) is 3.06. The Bertz CT molecular complexity index is 698. The quantitative estimate of drug-likeness (QED) is 0.860. The molecule has 1 fully saturated rings. The van der Waals surface area contributed by atoms with E-state index >= 15 is 0 Å². The highest BCUT2D eigenvalue weighted by atomic mass is 32.2. The SMILES string of the molecule is CCN1C(=O)COc2ccc(S(=O)(=O)NC[C@@H]3CCCO3)cc21. The normalized spacial score (nSPS) is 21.2. The summed E-state index contributed by atoms with van der Waals surface area (Å²) in [7, 11) is -3.65. The van der Waals surface area contributed by atoms with Crippen LogP contribution in [0.4, 0.5) is 5.69 Å². The summed E-state index contributed by atoms with van der Waals surface area (Å²) in [6.07, 6.45) is 1.74. The number of amides is 1. The summed E-state index contributed by atoms with van der Waals surface area (Å²) >= 11 is 0.